The summed E-state index contributed by atoms with van der Waals surface area (Å²) in [4.78, 5) is 2.41. The van der Waals surface area contributed by atoms with Crippen LogP contribution in [0.4, 0.5) is 17.1 Å². The number of rotatable bonds is 4. The first kappa shape index (κ1) is 24.2. The SMILES string of the molecule is CC1(C)c2ccccc2-c2cc(-c3cccc(N(c4ccccc4)c4cccc5c4sc4ccccc45)c3)ccc21. The van der Waals surface area contributed by atoms with E-state index in [1.807, 2.05) is 11.3 Å². The molecule has 1 nitrogen and oxygen atoms in total. The lowest BCUT2D eigenvalue weighted by atomic mass is 9.82. The van der Waals surface area contributed by atoms with E-state index in [9.17, 15) is 0 Å². The Hall–Kier alpha value is -4.66. The van der Waals surface area contributed by atoms with Gasteiger partial charge < -0.3 is 4.90 Å². The first-order valence-corrected chi connectivity index (χ1v) is 15.0. The topological polar surface area (TPSA) is 3.24 Å². The highest BCUT2D eigenvalue weighted by molar-refractivity contribution is 7.26. The minimum atomic E-state index is 0.0132. The summed E-state index contributed by atoms with van der Waals surface area (Å²) < 4.78 is 2.62. The van der Waals surface area contributed by atoms with Crippen molar-refractivity contribution in [2.75, 3.05) is 4.90 Å². The molecular formula is C39H29NS. The average Bonchev–Trinajstić information content (AvgIpc) is 3.51. The summed E-state index contributed by atoms with van der Waals surface area (Å²) in [6, 6.07) is 51.0. The molecule has 0 saturated heterocycles. The second-order valence-corrected chi connectivity index (χ2v) is 12.5. The van der Waals surface area contributed by atoms with Crippen LogP contribution in [-0.2, 0) is 5.41 Å². The maximum absolute atomic E-state index is 2.41. The van der Waals surface area contributed by atoms with Crippen LogP contribution in [0.1, 0.15) is 25.0 Å². The monoisotopic (exact) mass is 543 g/mol. The van der Waals surface area contributed by atoms with Crippen molar-refractivity contribution in [1.82, 2.24) is 0 Å². The van der Waals surface area contributed by atoms with E-state index in [4.69, 9.17) is 0 Å². The molecule has 0 atom stereocenters. The van der Waals surface area contributed by atoms with Crippen LogP contribution in [-0.4, -0.2) is 0 Å². The number of fused-ring (bicyclic) bond motifs is 6. The third-order valence-corrected chi connectivity index (χ3v) is 9.87. The molecule has 0 aliphatic heterocycles. The molecule has 0 N–H and O–H groups in total. The fourth-order valence-electron chi connectivity index (χ4n) is 6.64. The third-order valence-electron chi connectivity index (χ3n) is 8.66. The smallest absolute Gasteiger partial charge is 0.0640 e. The fraction of sp³-hybridized carbons (Fsp3) is 0.0769. The van der Waals surface area contributed by atoms with Crippen molar-refractivity contribution in [1.29, 1.82) is 0 Å². The Kier molecular flexibility index (Phi) is 5.42. The van der Waals surface area contributed by atoms with Gasteiger partial charge in [-0.15, -0.1) is 11.3 Å². The summed E-state index contributed by atoms with van der Waals surface area (Å²) >= 11 is 1.87. The number of nitrogens with zero attached hydrogens (tertiary/aromatic N) is 1. The van der Waals surface area contributed by atoms with E-state index >= 15 is 0 Å². The Morgan fingerprint density at radius 1 is 0.512 bits per heavy atom. The van der Waals surface area contributed by atoms with E-state index in [0.29, 0.717) is 0 Å². The average molecular weight is 544 g/mol. The number of thiophene rings is 1. The summed E-state index contributed by atoms with van der Waals surface area (Å²) in [6.07, 6.45) is 0. The molecule has 0 saturated carbocycles. The molecule has 0 fully saturated rings. The summed E-state index contributed by atoms with van der Waals surface area (Å²) in [5, 5.41) is 2.62. The Labute approximate surface area is 245 Å². The van der Waals surface area contributed by atoms with Crippen LogP contribution in [0.3, 0.4) is 0 Å². The molecule has 0 unspecified atom stereocenters. The first-order valence-electron chi connectivity index (χ1n) is 14.2. The second-order valence-electron chi connectivity index (χ2n) is 11.4. The van der Waals surface area contributed by atoms with Crippen LogP contribution < -0.4 is 4.90 Å². The van der Waals surface area contributed by atoms with E-state index < -0.39 is 0 Å². The van der Waals surface area contributed by atoms with Gasteiger partial charge in [-0.2, -0.15) is 0 Å². The lowest BCUT2D eigenvalue weighted by Crippen LogP contribution is -2.14. The molecule has 0 amide bonds. The van der Waals surface area contributed by atoms with Gasteiger partial charge in [0.25, 0.3) is 0 Å². The van der Waals surface area contributed by atoms with E-state index in [1.165, 1.54) is 59.2 Å². The van der Waals surface area contributed by atoms with Gasteiger partial charge in [0, 0.05) is 32.3 Å². The summed E-state index contributed by atoms with van der Waals surface area (Å²) in [5.74, 6) is 0. The van der Waals surface area contributed by atoms with Gasteiger partial charge in [-0.05, 0) is 75.8 Å². The van der Waals surface area contributed by atoms with Crippen LogP contribution in [0.2, 0.25) is 0 Å². The molecule has 1 aromatic heterocycles. The van der Waals surface area contributed by atoms with Gasteiger partial charge in [0.2, 0.25) is 0 Å². The molecule has 8 rings (SSSR count). The molecule has 1 heterocycles. The number of benzene rings is 6. The molecule has 196 valence electrons. The van der Waals surface area contributed by atoms with Crippen LogP contribution in [0.25, 0.3) is 42.4 Å². The highest BCUT2D eigenvalue weighted by atomic mass is 32.1. The van der Waals surface area contributed by atoms with Crippen LogP contribution in [0.5, 0.6) is 0 Å². The molecule has 1 aliphatic rings. The number of anilines is 3. The summed E-state index contributed by atoms with van der Waals surface area (Å²) in [5.41, 5.74) is 11.5. The molecule has 6 aromatic carbocycles. The van der Waals surface area contributed by atoms with E-state index in [-0.39, 0.29) is 5.41 Å². The summed E-state index contributed by atoms with van der Waals surface area (Å²) in [7, 11) is 0. The zero-order chi connectivity index (χ0) is 27.6. The Bertz CT molecular complexity index is 2080. The lowest BCUT2D eigenvalue weighted by Gasteiger charge is -2.26. The lowest BCUT2D eigenvalue weighted by molar-refractivity contribution is 0.660. The van der Waals surface area contributed by atoms with E-state index in [2.05, 4.69) is 158 Å². The first-order chi connectivity index (χ1) is 20.1. The predicted molar refractivity (Wildman–Crippen MR) is 177 cm³/mol. The zero-order valence-corrected chi connectivity index (χ0v) is 24.0. The molecule has 0 bridgehead atoms. The van der Waals surface area contributed by atoms with Crippen LogP contribution in [0, 0.1) is 0 Å². The van der Waals surface area contributed by atoms with Gasteiger partial charge in [-0.3, -0.25) is 0 Å². The molecular weight excluding hydrogens is 515 g/mol. The fourth-order valence-corrected chi connectivity index (χ4v) is 7.84. The van der Waals surface area contributed by atoms with Crippen molar-refractivity contribution in [2.24, 2.45) is 0 Å². The normalized spacial score (nSPS) is 13.3. The van der Waals surface area contributed by atoms with E-state index in [0.717, 1.165) is 11.4 Å². The van der Waals surface area contributed by atoms with Crippen molar-refractivity contribution in [3.63, 3.8) is 0 Å². The summed E-state index contributed by atoms with van der Waals surface area (Å²) in [6.45, 7) is 4.68. The Morgan fingerprint density at radius 3 is 2.10 bits per heavy atom. The minimum Gasteiger partial charge on any atom is -0.309 e. The highest BCUT2D eigenvalue weighted by Crippen LogP contribution is 2.50. The van der Waals surface area contributed by atoms with Gasteiger partial charge in [0.15, 0.2) is 0 Å². The van der Waals surface area contributed by atoms with Gasteiger partial charge >= 0.3 is 0 Å². The van der Waals surface area contributed by atoms with Gasteiger partial charge in [0.05, 0.1) is 10.4 Å². The van der Waals surface area contributed by atoms with Gasteiger partial charge in [0.1, 0.15) is 0 Å². The van der Waals surface area contributed by atoms with Crippen molar-refractivity contribution in [3.05, 3.63) is 151 Å². The maximum atomic E-state index is 2.41. The number of para-hydroxylation sites is 1. The molecule has 41 heavy (non-hydrogen) atoms. The molecule has 7 aromatic rings. The number of hydrogen-bond donors (Lipinski definition) is 0. The molecule has 0 spiro atoms. The standard InChI is InChI=1S/C39H29NS/c1-39(2)34-19-8-6-16-30(34)33-25-27(22-23-35(33)39)26-12-10-15-29(24-26)40(28-13-4-3-5-14-28)36-20-11-18-32-31-17-7-9-21-37(31)41-38(32)36/h3-25H,1-2H3. The zero-order valence-electron chi connectivity index (χ0n) is 23.1. The highest BCUT2D eigenvalue weighted by Gasteiger charge is 2.35. The Balaban J connectivity index is 1.30. The van der Waals surface area contributed by atoms with Gasteiger partial charge in [-0.25, -0.2) is 0 Å². The number of hydrogen-bond acceptors (Lipinski definition) is 2. The predicted octanol–water partition coefficient (Wildman–Crippen LogP) is 11.5. The quantitative estimate of drug-likeness (QED) is 0.213. The van der Waals surface area contributed by atoms with Gasteiger partial charge in [-0.1, -0.05) is 111 Å². The van der Waals surface area contributed by atoms with E-state index in [1.54, 1.807) is 0 Å². The van der Waals surface area contributed by atoms with Crippen LogP contribution in [0.15, 0.2) is 140 Å². The molecule has 2 heteroatoms. The van der Waals surface area contributed by atoms with Crippen molar-refractivity contribution < 1.29 is 0 Å². The largest absolute Gasteiger partial charge is 0.309 e. The maximum Gasteiger partial charge on any atom is 0.0640 e. The molecule has 1 aliphatic carbocycles. The minimum absolute atomic E-state index is 0.0132. The van der Waals surface area contributed by atoms with Crippen molar-refractivity contribution >= 4 is 48.6 Å². The Morgan fingerprint density at radius 2 is 1.20 bits per heavy atom. The third kappa shape index (κ3) is 3.75. The van der Waals surface area contributed by atoms with Crippen molar-refractivity contribution in [3.8, 4) is 22.3 Å². The van der Waals surface area contributed by atoms with Crippen LogP contribution >= 0.6 is 11.3 Å². The second kappa shape index (κ2) is 9.19. The van der Waals surface area contributed by atoms with Crippen molar-refractivity contribution in [2.45, 2.75) is 19.3 Å². The molecule has 0 radical (unpaired) electrons.